The number of rotatable bonds is 3. The third-order valence-corrected chi connectivity index (χ3v) is 1.99. The maximum atomic E-state index is 13.6. The molecular formula is C10H8FNO4. The molecule has 0 bridgehead atoms. The van der Waals surface area contributed by atoms with E-state index in [1.54, 1.807) is 6.07 Å². The van der Waals surface area contributed by atoms with Crippen molar-refractivity contribution >= 4 is 5.97 Å². The van der Waals surface area contributed by atoms with Crippen molar-refractivity contribution in [3.05, 3.63) is 29.1 Å². The van der Waals surface area contributed by atoms with Crippen molar-refractivity contribution in [2.24, 2.45) is 0 Å². The summed E-state index contributed by atoms with van der Waals surface area (Å²) in [4.78, 5) is 10.5. The molecule has 0 aliphatic rings. The second-order valence-corrected chi connectivity index (χ2v) is 2.90. The molecule has 1 rings (SSSR count). The predicted molar refractivity (Wildman–Crippen MR) is 50.3 cm³/mol. The Balaban J connectivity index is 3.36. The average molecular weight is 225 g/mol. The van der Waals surface area contributed by atoms with Crippen LogP contribution >= 0.6 is 0 Å². The summed E-state index contributed by atoms with van der Waals surface area (Å²) < 4.78 is 18.3. The molecule has 0 radical (unpaired) electrons. The number of aliphatic hydroxyl groups excluding tert-OH is 1. The number of carboxylic acids is 1. The van der Waals surface area contributed by atoms with Crippen molar-refractivity contribution in [3.8, 4) is 11.8 Å². The fourth-order valence-electron chi connectivity index (χ4n) is 1.19. The van der Waals surface area contributed by atoms with Crippen LogP contribution in [0.1, 0.15) is 17.2 Å². The van der Waals surface area contributed by atoms with Crippen molar-refractivity contribution in [2.45, 2.75) is 6.10 Å². The van der Waals surface area contributed by atoms with E-state index in [-0.39, 0.29) is 5.75 Å². The summed E-state index contributed by atoms with van der Waals surface area (Å²) in [6.07, 6.45) is -2.00. The minimum absolute atomic E-state index is 0.0126. The van der Waals surface area contributed by atoms with Gasteiger partial charge in [0.25, 0.3) is 0 Å². The highest BCUT2D eigenvalue weighted by molar-refractivity contribution is 5.74. The van der Waals surface area contributed by atoms with E-state index in [0.29, 0.717) is 0 Å². The smallest absolute Gasteiger partial charge is 0.337 e. The van der Waals surface area contributed by atoms with Gasteiger partial charge in [-0.2, -0.15) is 5.26 Å². The standard InChI is InChI=1S/C10H8FNO4/c1-16-7-3-2-5(9(13)10(14)15)8(11)6(7)4-12/h2-3,9,13H,1H3,(H,14,15). The molecule has 0 saturated heterocycles. The molecular weight excluding hydrogens is 217 g/mol. The molecule has 1 aromatic rings. The lowest BCUT2D eigenvalue weighted by Crippen LogP contribution is -2.13. The summed E-state index contributed by atoms with van der Waals surface area (Å²) in [6, 6.07) is 3.83. The summed E-state index contributed by atoms with van der Waals surface area (Å²) in [6.45, 7) is 0. The molecule has 0 spiro atoms. The number of methoxy groups -OCH3 is 1. The number of nitriles is 1. The summed E-state index contributed by atoms with van der Waals surface area (Å²) in [5.41, 5.74) is -0.898. The summed E-state index contributed by atoms with van der Waals surface area (Å²) in [7, 11) is 1.25. The lowest BCUT2D eigenvalue weighted by molar-refractivity contribution is -0.147. The number of carbonyl (C=O) groups is 1. The molecule has 5 nitrogen and oxygen atoms in total. The maximum absolute atomic E-state index is 13.6. The molecule has 0 aliphatic heterocycles. The molecule has 0 fully saturated rings. The molecule has 6 heteroatoms. The van der Waals surface area contributed by atoms with Gasteiger partial charge in [-0.15, -0.1) is 0 Å². The number of aliphatic carboxylic acids is 1. The van der Waals surface area contributed by atoms with E-state index >= 15 is 0 Å². The van der Waals surface area contributed by atoms with Crippen molar-refractivity contribution < 1.29 is 24.1 Å². The normalized spacial score (nSPS) is 11.6. The van der Waals surface area contributed by atoms with Gasteiger partial charge in [-0.05, 0) is 12.1 Å². The van der Waals surface area contributed by atoms with E-state index in [4.69, 9.17) is 15.1 Å². The Kier molecular flexibility index (Phi) is 3.43. The predicted octanol–water partition coefficient (Wildman–Crippen LogP) is 0.824. The summed E-state index contributed by atoms with van der Waals surface area (Å²) in [5.74, 6) is -2.69. The quantitative estimate of drug-likeness (QED) is 0.794. The van der Waals surface area contributed by atoms with E-state index in [0.717, 1.165) is 6.07 Å². The first-order chi connectivity index (χ1) is 7.52. The lowest BCUT2D eigenvalue weighted by Gasteiger charge is -2.10. The van der Waals surface area contributed by atoms with Crippen molar-refractivity contribution in [1.29, 1.82) is 5.26 Å². The average Bonchev–Trinajstić information content (AvgIpc) is 2.27. The van der Waals surface area contributed by atoms with Gasteiger partial charge in [0.05, 0.1) is 7.11 Å². The highest BCUT2D eigenvalue weighted by Crippen LogP contribution is 2.27. The van der Waals surface area contributed by atoms with Crippen LogP contribution in [-0.2, 0) is 4.79 Å². The number of ether oxygens (including phenoxy) is 1. The maximum Gasteiger partial charge on any atom is 0.337 e. The van der Waals surface area contributed by atoms with Crippen LogP contribution in [0.5, 0.6) is 5.75 Å². The number of halogens is 1. The molecule has 0 saturated carbocycles. The van der Waals surface area contributed by atoms with Gasteiger partial charge < -0.3 is 14.9 Å². The molecule has 2 N–H and O–H groups in total. The monoisotopic (exact) mass is 225 g/mol. The number of aliphatic hydroxyl groups is 1. The Bertz CT molecular complexity index is 467. The minimum Gasteiger partial charge on any atom is -0.495 e. The van der Waals surface area contributed by atoms with Gasteiger partial charge in [0.15, 0.2) is 11.9 Å². The van der Waals surface area contributed by atoms with Crippen LogP contribution < -0.4 is 4.74 Å². The second kappa shape index (κ2) is 4.59. The van der Waals surface area contributed by atoms with Crippen LogP contribution in [0, 0.1) is 17.1 Å². The Morgan fingerprint density at radius 1 is 1.62 bits per heavy atom. The fourth-order valence-corrected chi connectivity index (χ4v) is 1.19. The largest absolute Gasteiger partial charge is 0.495 e. The number of benzene rings is 1. The van der Waals surface area contributed by atoms with E-state index in [2.05, 4.69) is 0 Å². The van der Waals surface area contributed by atoms with Gasteiger partial charge in [-0.3, -0.25) is 0 Å². The molecule has 1 unspecified atom stereocenters. The Morgan fingerprint density at radius 3 is 2.69 bits per heavy atom. The van der Waals surface area contributed by atoms with Crippen LogP contribution in [0.15, 0.2) is 12.1 Å². The van der Waals surface area contributed by atoms with Crippen LogP contribution in [0.2, 0.25) is 0 Å². The fraction of sp³-hybridized carbons (Fsp3) is 0.200. The molecule has 0 aliphatic carbocycles. The molecule has 0 amide bonds. The Hall–Kier alpha value is -2.13. The molecule has 0 heterocycles. The van der Waals surface area contributed by atoms with E-state index < -0.39 is 29.0 Å². The molecule has 1 atom stereocenters. The van der Waals surface area contributed by atoms with Crippen LogP contribution in [0.3, 0.4) is 0 Å². The Labute approximate surface area is 90.3 Å². The number of hydrogen-bond acceptors (Lipinski definition) is 4. The number of carboxylic acid groups (broad SMARTS) is 1. The molecule has 1 aromatic carbocycles. The topological polar surface area (TPSA) is 90.6 Å². The van der Waals surface area contributed by atoms with E-state index in [1.807, 2.05) is 0 Å². The van der Waals surface area contributed by atoms with E-state index in [9.17, 15) is 14.3 Å². The first kappa shape index (κ1) is 11.9. The van der Waals surface area contributed by atoms with Crippen LogP contribution in [-0.4, -0.2) is 23.3 Å². The first-order valence-electron chi connectivity index (χ1n) is 4.20. The van der Waals surface area contributed by atoms with Crippen molar-refractivity contribution in [1.82, 2.24) is 0 Å². The minimum atomic E-state index is -2.00. The lowest BCUT2D eigenvalue weighted by atomic mass is 10.0. The third-order valence-electron chi connectivity index (χ3n) is 1.99. The molecule has 0 aromatic heterocycles. The second-order valence-electron chi connectivity index (χ2n) is 2.90. The number of hydrogen-bond donors (Lipinski definition) is 2. The molecule has 84 valence electrons. The summed E-state index contributed by atoms with van der Waals surface area (Å²) in [5, 5.41) is 26.4. The van der Waals surface area contributed by atoms with Gasteiger partial charge in [0, 0.05) is 5.56 Å². The van der Waals surface area contributed by atoms with Crippen molar-refractivity contribution in [2.75, 3.05) is 7.11 Å². The van der Waals surface area contributed by atoms with Crippen LogP contribution in [0.4, 0.5) is 4.39 Å². The SMILES string of the molecule is COc1ccc(C(O)C(=O)O)c(F)c1C#N. The van der Waals surface area contributed by atoms with Gasteiger partial charge in [-0.25, -0.2) is 9.18 Å². The summed E-state index contributed by atoms with van der Waals surface area (Å²) >= 11 is 0. The molecule has 16 heavy (non-hydrogen) atoms. The van der Waals surface area contributed by atoms with Crippen LogP contribution in [0.25, 0.3) is 0 Å². The number of nitrogens with zero attached hydrogens (tertiary/aromatic N) is 1. The van der Waals surface area contributed by atoms with Gasteiger partial charge >= 0.3 is 5.97 Å². The third kappa shape index (κ3) is 1.94. The highest BCUT2D eigenvalue weighted by atomic mass is 19.1. The zero-order valence-corrected chi connectivity index (χ0v) is 8.27. The first-order valence-corrected chi connectivity index (χ1v) is 4.20. The Morgan fingerprint density at radius 2 is 2.25 bits per heavy atom. The van der Waals surface area contributed by atoms with Gasteiger partial charge in [-0.1, -0.05) is 0 Å². The zero-order chi connectivity index (χ0) is 12.3. The van der Waals surface area contributed by atoms with Gasteiger partial charge in [0.2, 0.25) is 0 Å². The van der Waals surface area contributed by atoms with E-state index in [1.165, 1.54) is 13.2 Å². The van der Waals surface area contributed by atoms with Gasteiger partial charge in [0.1, 0.15) is 17.4 Å². The highest BCUT2D eigenvalue weighted by Gasteiger charge is 2.23. The zero-order valence-electron chi connectivity index (χ0n) is 8.27. The van der Waals surface area contributed by atoms with Crippen molar-refractivity contribution in [3.63, 3.8) is 0 Å².